The Morgan fingerprint density at radius 1 is 1.48 bits per heavy atom. The molecule has 1 amide bonds. The number of piperidine rings is 1. The molecular formula is C20H28N4O. The maximum Gasteiger partial charge on any atom is 0.211 e. The van der Waals surface area contributed by atoms with E-state index in [0.29, 0.717) is 18.2 Å². The topological polar surface area (TPSA) is 59.0 Å². The van der Waals surface area contributed by atoms with Gasteiger partial charge in [0.25, 0.3) is 0 Å². The van der Waals surface area contributed by atoms with Crippen LogP contribution in [0.1, 0.15) is 55.7 Å². The van der Waals surface area contributed by atoms with Gasteiger partial charge in [-0.3, -0.25) is 9.48 Å². The maximum atomic E-state index is 10.5. The summed E-state index contributed by atoms with van der Waals surface area (Å²) in [6.45, 7) is 8.27. The van der Waals surface area contributed by atoms with E-state index in [9.17, 15) is 4.79 Å². The van der Waals surface area contributed by atoms with E-state index in [4.69, 9.17) is 5.10 Å². The minimum Gasteiger partial charge on any atom is -0.333 e. The molecule has 1 saturated heterocycles. The molecule has 25 heavy (non-hydrogen) atoms. The number of allylic oxidation sites excluding steroid dienone is 1. The van der Waals surface area contributed by atoms with Gasteiger partial charge in [0.2, 0.25) is 6.41 Å². The SMILES string of the molecule is C=C(CCC(C)c1nn(C)c2cc(C3CCNCC3)ccc12)NC=O. The third-order valence-corrected chi connectivity index (χ3v) is 5.32. The van der Waals surface area contributed by atoms with Gasteiger partial charge in [-0.15, -0.1) is 0 Å². The molecule has 2 aromatic rings. The Labute approximate surface area is 149 Å². The number of carbonyl (C=O) groups is 1. The first-order valence-electron chi connectivity index (χ1n) is 9.15. The summed E-state index contributed by atoms with van der Waals surface area (Å²) in [5, 5.41) is 12.1. The van der Waals surface area contributed by atoms with Gasteiger partial charge in [0, 0.05) is 24.0 Å². The van der Waals surface area contributed by atoms with Crippen LogP contribution in [-0.4, -0.2) is 29.3 Å². The third kappa shape index (κ3) is 3.93. The van der Waals surface area contributed by atoms with Crippen molar-refractivity contribution in [1.29, 1.82) is 0 Å². The van der Waals surface area contributed by atoms with E-state index >= 15 is 0 Å². The van der Waals surface area contributed by atoms with Gasteiger partial charge in [0.05, 0.1) is 11.2 Å². The Bertz CT molecular complexity index is 758. The monoisotopic (exact) mass is 340 g/mol. The molecule has 1 aromatic heterocycles. The molecule has 1 aliphatic heterocycles. The minimum atomic E-state index is 0.318. The molecule has 0 bridgehead atoms. The lowest BCUT2D eigenvalue weighted by Crippen LogP contribution is -2.26. The van der Waals surface area contributed by atoms with Crippen LogP contribution in [0.5, 0.6) is 0 Å². The van der Waals surface area contributed by atoms with Crippen LogP contribution in [0, 0.1) is 0 Å². The van der Waals surface area contributed by atoms with E-state index in [1.807, 2.05) is 11.7 Å². The van der Waals surface area contributed by atoms with Crippen molar-refractivity contribution in [3.05, 3.63) is 41.7 Å². The first kappa shape index (κ1) is 17.7. The van der Waals surface area contributed by atoms with Crippen molar-refractivity contribution >= 4 is 17.3 Å². The highest BCUT2D eigenvalue weighted by atomic mass is 16.1. The summed E-state index contributed by atoms with van der Waals surface area (Å²) in [4.78, 5) is 10.5. The summed E-state index contributed by atoms with van der Waals surface area (Å²) < 4.78 is 2.00. The van der Waals surface area contributed by atoms with Gasteiger partial charge in [-0.25, -0.2) is 0 Å². The second-order valence-corrected chi connectivity index (χ2v) is 7.12. The quantitative estimate of drug-likeness (QED) is 0.761. The van der Waals surface area contributed by atoms with Gasteiger partial charge in [-0.05, 0) is 56.3 Å². The van der Waals surface area contributed by atoms with Crippen molar-refractivity contribution in [3.63, 3.8) is 0 Å². The molecule has 1 aliphatic rings. The zero-order valence-electron chi connectivity index (χ0n) is 15.2. The number of carbonyl (C=O) groups excluding carboxylic acids is 1. The molecule has 1 unspecified atom stereocenters. The number of nitrogens with zero attached hydrogens (tertiary/aromatic N) is 2. The lowest BCUT2D eigenvalue weighted by atomic mass is 9.89. The van der Waals surface area contributed by atoms with Gasteiger partial charge < -0.3 is 10.6 Å². The van der Waals surface area contributed by atoms with Crippen LogP contribution < -0.4 is 10.6 Å². The zero-order valence-corrected chi connectivity index (χ0v) is 15.2. The number of aromatic nitrogens is 2. The van der Waals surface area contributed by atoms with Gasteiger partial charge >= 0.3 is 0 Å². The third-order valence-electron chi connectivity index (χ3n) is 5.32. The first-order valence-corrected chi connectivity index (χ1v) is 9.15. The molecular weight excluding hydrogens is 312 g/mol. The highest BCUT2D eigenvalue weighted by Crippen LogP contribution is 2.32. The fourth-order valence-corrected chi connectivity index (χ4v) is 3.76. The smallest absolute Gasteiger partial charge is 0.211 e. The Morgan fingerprint density at radius 2 is 2.24 bits per heavy atom. The second-order valence-electron chi connectivity index (χ2n) is 7.12. The van der Waals surface area contributed by atoms with Crippen LogP contribution in [-0.2, 0) is 11.8 Å². The number of amides is 1. The maximum absolute atomic E-state index is 10.5. The largest absolute Gasteiger partial charge is 0.333 e. The van der Waals surface area contributed by atoms with Crippen LogP contribution in [0.25, 0.3) is 10.9 Å². The summed E-state index contributed by atoms with van der Waals surface area (Å²) in [6.07, 6.45) is 4.79. The van der Waals surface area contributed by atoms with E-state index < -0.39 is 0 Å². The molecule has 0 spiro atoms. The van der Waals surface area contributed by atoms with Crippen molar-refractivity contribution in [3.8, 4) is 0 Å². The fraction of sp³-hybridized carbons (Fsp3) is 0.500. The Balaban J connectivity index is 1.80. The number of hydrogen-bond donors (Lipinski definition) is 2. The average Bonchev–Trinajstić information content (AvgIpc) is 2.97. The summed E-state index contributed by atoms with van der Waals surface area (Å²) in [7, 11) is 2.03. The summed E-state index contributed by atoms with van der Waals surface area (Å²) >= 11 is 0. The Morgan fingerprint density at radius 3 is 2.96 bits per heavy atom. The standard InChI is InChI=1S/C20H28N4O/c1-14(4-5-15(2)22-13-25)20-18-7-6-17(12-19(18)24(3)23-20)16-8-10-21-11-9-16/h6-7,12-14,16,21H,2,4-5,8-11H2,1,3H3,(H,22,25). The van der Waals surface area contributed by atoms with Crippen molar-refractivity contribution in [1.82, 2.24) is 20.4 Å². The van der Waals surface area contributed by atoms with Crippen LogP contribution in [0.2, 0.25) is 0 Å². The first-order chi connectivity index (χ1) is 12.1. The number of nitrogens with one attached hydrogen (secondary N) is 2. The molecule has 1 atom stereocenters. The molecule has 134 valence electrons. The molecule has 0 radical (unpaired) electrons. The summed E-state index contributed by atoms with van der Waals surface area (Å²) in [6, 6.07) is 6.84. The normalized spacial score (nSPS) is 16.7. The zero-order chi connectivity index (χ0) is 17.8. The van der Waals surface area contributed by atoms with E-state index in [0.717, 1.165) is 37.3 Å². The van der Waals surface area contributed by atoms with E-state index in [-0.39, 0.29) is 0 Å². The molecule has 2 N–H and O–H groups in total. The second kappa shape index (κ2) is 7.83. The molecule has 0 saturated carbocycles. The molecule has 0 aliphatic carbocycles. The van der Waals surface area contributed by atoms with E-state index in [1.165, 1.54) is 29.3 Å². The number of hydrogen-bond acceptors (Lipinski definition) is 3. The number of fused-ring (bicyclic) bond motifs is 1. The van der Waals surface area contributed by atoms with Gasteiger partial charge in [-0.1, -0.05) is 25.6 Å². The highest BCUT2D eigenvalue weighted by Gasteiger charge is 2.19. The molecule has 3 rings (SSSR count). The number of aryl methyl sites for hydroxylation is 1. The van der Waals surface area contributed by atoms with Crippen molar-refractivity contribution in [2.45, 2.75) is 44.4 Å². The average molecular weight is 340 g/mol. The lowest BCUT2D eigenvalue weighted by Gasteiger charge is -2.23. The van der Waals surface area contributed by atoms with Crippen molar-refractivity contribution in [2.24, 2.45) is 7.05 Å². The van der Waals surface area contributed by atoms with Crippen LogP contribution in [0.3, 0.4) is 0 Å². The summed E-state index contributed by atoms with van der Waals surface area (Å²) in [5.41, 5.74) is 4.53. The van der Waals surface area contributed by atoms with Gasteiger partial charge in [0.15, 0.2) is 0 Å². The molecule has 1 aromatic carbocycles. The minimum absolute atomic E-state index is 0.318. The number of rotatable bonds is 7. The van der Waals surface area contributed by atoms with Crippen LogP contribution >= 0.6 is 0 Å². The fourth-order valence-electron chi connectivity index (χ4n) is 3.76. The van der Waals surface area contributed by atoms with Crippen LogP contribution in [0.15, 0.2) is 30.5 Å². The molecule has 2 heterocycles. The predicted molar refractivity (Wildman–Crippen MR) is 102 cm³/mol. The Kier molecular flexibility index (Phi) is 5.53. The molecule has 5 heteroatoms. The molecule has 5 nitrogen and oxygen atoms in total. The Hall–Kier alpha value is -2.14. The van der Waals surface area contributed by atoms with Crippen molar-refractivity contribution in [2.75, 3.05) is 13.1 Å². The number of benzene rings is 1. The van der Waals surface area contributed by atoms with Crippen molar-refractivity contribution < 1.29 is 4.79 Å². The molecule has 1 fully saturated rings. The van der Waals surface area contributed by atoms with Gasteiger partial charge in [-0.2, -0.15) is 5.10 Å². The lowest BCUT2D eigenvalue weighted by molar-refractivity contribution is -0.108. The van der Waals surface area contributed by atoms with Crippen LogP contribution in [0.4, 0.5) is 0 Å². The van der Waals surface area contributed by atoms with E-state index in [2.05, 4.69) is 42.3 Å². The predicted octanol–water partition coefficient (Wildman–Crippen LogP) is 3.18. The van der Waals surface area contributed by atoms with E-state index in [1.54, 1.807) is 0 Å². The van der Waals surface area contributed by atoms with Gasteiger partial charge in [0.1, 0.15) is 0 Å². The summed E-state index contributed by atoms with van der Waals surface area (Å²) in [5.74, 6) is 0.970. The highest BCUT2D eigenvalue weighted by molar-refractivity contribution is 5.83.